The third kappa shape index (κ3) is 3.00. The maximum Gasteiger partial charge on any atom is 0.243 e. The normalized spacial score (nSPS) is 20.4. The summed E-state index contributed by atoms with van der Waals surface area (Å²) < 4.78 is 27.8. The molecular formula is C16H26N2O2S. The van der Waals surface area contributed by atoms with Gasteiger partial charge in [-0.05, 0) is 55.4 Å². The van der Waals surface area contributed by atoms with E-state index in [0.29, 0.717) is 23.9 Å². The van der Waals surface area contributed by atoms with Gasteiger partial charge in [0.1, 0.15) is 0 Å². The largest absolute Gasteiger partial charge is 0.326 e. The number of sulfonamides is 1. The monoisotopic (exact) mass is 310 g/mol. The fourth-order valence-electron chi connectivity index (χ4n) is 3.14. The third-order valence-electron chi connectivity index (χ3n) is 4.52. The van der Waals surface area contributed by atoms with E-state index in [-0.39, 0.29) is 6.04 Å². The summed E-state index contributed by atoms with van der Waals surface area (Å²) in [6.45, 7) is 8.98. The Balaban J connectivity index is 2.51. The first-order chi connectivity index (χ1) is 9.78. The van der Waals surface area contributed by atoms with E-state index in [2.05, 4.69) is 13.8 Å². The van der Waals surface area contributed by atoms with Crippen LogP contribution in [0.5, 0.6) is 0 Å². The van der Waals surface area contributed by atoms with E-state index in [1.165, 1.54) is 0 Å². The maximum atomic E-state index is 13.1. The Bertz CT molecular complexity index is 623. The Hall–Kier alpha value is -0.910. The average Bonchev–Trinajstić information content (AvgIpc) is 2.91. The highest BCUT2D eigenvalue weighted by Gasteiger charge is 2.37. The van der Waals surface area contributed by atoms with Gasteiger partial charge in [-0.3, -0.25) is 0 Å². The molecule has 5 heteroatoms. The van der Waals surface area contributed by atoms with Gasteiger partial charge in [-0.1, -0.05) is 19.9 Å². The first kappa shape index (κ1) is 16.5. The molecule has 0 spiro atoms. The molecule has 0 bridgehead atoms. The minimum Gasteiger partial charge on any atom is -0.326 e. The number of rotatable bonds is 4. The van der Waals surface area contributed by atoms with Crippen molar-refractivity contribution in [1.29, 1.82) is 0 Å². The van der Waals surface area contributed by atoms with Crippen LogP contribution < -0.4 is 5.73 Å². The molecule has 1 aromatic carbocycles. The molecule has 0 aromatic heterocycles. The van der Waals surface area contributed by atoms with E-state index < -0.39 is 10.0 Å². The number of nitrogens with two attached hydrogens (primary N) is 1. The van der Waals surface area contributed by atoms with Crippen molar-refractivity contribution >= 4 is 10.0 Å². The molecule has 118 valence electrons. The fraction of sp³-hybridized carbons (Fsp3) is 0.625. The van der Waals surface area contributed by atoms with Crippen molar-refractivity contribution in [2.45, 2.75) is 58.0 Å². The molecule has 2 N–H and O–H groups in total. The summed E-state index contributed by atoms with van der Waals surface area (Å²) >= 11 is 0. The summed E-state index contributed by atoms with van der Waals surface area (Å²) in [6, 6.07) is 3.82. The summed E-state index contributed by atoms with van der Waals surface area (Å²) in [6.07, 6.45) is 1.89. The van der Waals surface area contributed by atoms with Crippen LogP contribution in [0.4, 0.5) is 0 Å². The predicted molar refractivity (Wildman–Crippen MR) is 85.6 cm³/mol. The molecule has 0 aliphatic carbocycles. The molecular weight excluding hydrogens is 284 g/mol. The SMILES string of the molecule is Cc1cc(CN)cc(S(=O)(=O)N2CCCC2C(C)C)c1C. The molecule has 1 aliphatic rings. The van der Waals surface area contributed by atoms with Crippen molar-refractivity contribution in [2.75, 3.05) is 6.54 Å². The fourth-order valence-corrected chi connectivity index (χ4v) is 5.32. The highest BCUT2D eigenvalue weighted by Crippen LogP contribution is 2.32. The molecule has 21 heavy (non-hydrogen) atoms. The van der Waals surface area contributed by atoms with Gasteiger partial charge in [-0.2, -0.15) is 4.31 Å². The van der Waals surface area contributed by atoms with Crippen LogP contribution in [0.25, 0.3) is 0 Å². The summed E-state index contributed by atoms with van der Waals surface area (Å²) in [7, 11) is -3.44. The Labute approximate surface area is 128 Å². The zero-order valence-corrected chi connectivity index (χ0v) is 14.2. The van der Waals surface area contributed by atoms with Crippen LogP contribution in [0.1, 0.15) is 43.4 Å². The van der Waals surface area contributed by atoms with Gasteiger partial charge in [-0.25, -0.2) is 8.42 Å². The lowest BCUT2D eigenvalue weighted by Gasteiger charge is -2.28. The van der Waals surface area contributed by atoms with Gasteiger partial charge in [0.05, 0.1) is 4.90 Å². The molecule has 1 aliphatic heterocycles. The van der Waals surface area contributed by atoms with Gasteiger partial charge < -0.3 is 5.73 Å². The van der Waals surface area contributed by atoms with Crippen molar-refractivity contribution in [2.24, 2.45) is 11.7 Å². The van der Waals surface area contributed by atoms with Gasteiger partial charge in [0.25, 0.3) is 0 Å². The Morgan fingerprint density at radius 2 is 2.00 bits per heavy atom. The zero-order valence-electron chi connectivity index (χ0n) is 13.4. The summed E-state index contributed by atoms with van der Waals surface area (Å²) in [5, 5.41) is 0. The van der Waals surface area contributed by atoms with Crippen LogP contribution in [0.3, 0.4) is 0 Å². The second-order valence-corrected chi connectivity index (χ2v) is 8.17. The number of aryl methyl sites for hydroxylation is 1. The topological polar surface area (TPSA) is 63.4 Å². The molecule has 0 radical (unpaired) electrons. The minimum absolute atomic E-state index is 0.108. The zero-order chi connectivity index (χ0) is 15.8. The highest BCUT2D eigenvalue weighted by atomic mass is 32.2. The summed E-state index contributed by atoms with van der Waals surface area (Å²) in [4.78, 5) is 0.426. The second-order valence-electron chi connectivity index (χ2n) is 6.31. The van der Waals surface area contributed by atoms with E-state index in [4.69, 9.17) is 5.73 Å². The van der Waals surface area contributed by atoms with Crippen molar-refractivity contribution in [3.63, 3.8) is 0 Å². The molecule has 1 saturated heterocycles. The lowest BCUT2D eigenvalue weighted by molar-refractivity contribution is 0.315. The van der Waals surface area contributed by atoms with Gasteiger partial charge >= 0.3 is 0 Å². The first-order valence-corrected chi connectivity index (χ1v) is 9.05. The van der Waals surface area contributed by atoms with Crippen LogP contribution in [0.2, 0.25) is 0 Å². The summed E-state index contributed by atoms with van der Waals surface area (Å²) in [5.41, 5.74) is 8.39. The van der Waals surface area contributed by atoms with Gasteiger partial charge in [0, 0.05) is 19.1 Å². The van der Waals surface area contributed by atoms with Crippen molar-refractivity contribution in [3.05, 3.63) is 28.8 Å². The minimum atomic E-state index is -3.44. The molecule has 2 rings (SSSR count). The van der Waals surface area contributed by atoms with Gasteiger partial charge in [0.15, 0.2) is 0 Å². The molecule has 1 aromatic rings. The lowest BCUT2D eigenvalue weighted by Crippen LogP contribution is -2.38. The maximum absolute atomic E-state index is 13.1. The predicted octanol–water partition coefficient (Wildman–Crippen LogP) is 2.57. The molecule has 1 atom stereocenters. The lowest BCUT2D eigenvalue weighted by atomic mass is 10.0. The molecule has 0 amide bonds. The van der Waals surface area contributed by atoms with E-state index >= 15 is 0 Å². The number of hydrogen-bond acceptors (Lipinski definition) is 3. The van der Waals surface area contributed by atoms with Crippen LogP contribution in [0.15, 0.2) is 17.0 Å². The van der Waals surface area contributed by atoms with Crippen molar-refractivity contribution < 1.29 is 8.42 Å². The number of benzene rings is 1. The Morgan fingerprint density at radius 3 is 2.57 bits per heavy atom. The van der Waals surface area contributed by atoms with Gasteiger partial charge in [-0.15, -0.1) is 0 Å². The van der Waals surface area contributed by atoms with E-state index in [0.717, 1.165) is 29.5 Å². The second kappa shape index (κ2) is 6.07. The van der Waals surface area contributed by atoms with Crippen LogP contribution >= 0.6 is 0 Å². The Kier molecular flexibility index (Phi) is 4.76. The van der Waals surface area contributed by atoms with Crippen LogP contribution in [0, 0.1) is 19.8 Å². The standard InChI is InChI=1S/C16H26N2O2S/c1-11(2)15-6-5-7-18(15)21(19,20)16-9-14(10-17)8-12(3)13(16)4/h8-9,11,15H,5-7,10,17H2,1-4H3. The molecule has 1 unspecified atom stereocenters. The van der Waals surface area contributed by atoms with Crippen LogP contribution in [-0.2, 0) is 16.6 Å². The van der Waals surface area contributed by atoms with Gasteiger partial charge in [0.2, 0.25) is 10.0 Å². The smallest absolute Gasteiger partial charge is 0.243 e. The van der Waals surface area contributed by atoms with Crippen molar-refractivity contribution in [3.8, 4) is 0 Å². The average molecular weight is 310 g/mol. The molecule has 0 saturated carbocycles. The molecule has 4 nitrogen and oxygen atoms in total. The van der Waals surface area contributed by atoms with E-state index in [9.17, 15) is 8.42 Å². The van der Waals surface area contributed by atoms with E-state index in [1.54, 1.807) is 10.4 Å². The van der Waals surface area contributed by atoms with Crippen molar-refractivity contribution in [1.82, 2.24) is 4.31 Å². The number of hydrogen-bond donors (Lipinski definition) is 1. The molecule has 1 heterocycles. The third-order valence-corrected chi connectivity index (χ3v) is 6.57. The summed E-state index contributed by atoms with van der Waals surface area (Å²) in [5.74, 6) is 0.335. The van der Waals surface area contributed by atoms with E-state index in [1.807, 2.05) is 19.9 Å². The highest BCUT2D eigenvalue weighted by molar-refractivity contribution is 7.89. The first-order valence-electron chi connectivity index (χ1n) is 7.61. The number of nitrogens with zero attached hydrogens (tertiary/aromatic N) is 1. The quantitative estimate of drug-likeness (QED) is 0.929. The molecule has 1 fully saturated rings. The van der Waals surface area contributed by atoms with Crippen LogP contribution in [-0.4, -0.2) is 25.3 Å². The Morgan fingerprint density at radius 1 is 1.33 bits per heavy atom.